The van der Waals surface area contributed by atoms with E-state index in [0.717, 1.165) is 24.8 Å². The lowest BCUT2D eigenvalue weighted by Gasteiger charge is -2.19. The zero-order valence-electron chi connectivity index (χ0n) is 18.2. The summed E-state index contributed by atoms with van der Waals surface area (Å²) in [5, 5.41) is 14.3. The number of carbonyl (C=O) groups excluding carboxylic acids is 2. The number of hydrogen-bond acceptors (Lipinski definition) is 10. The van der Waals surface area contributed by atoms with E-state index < -0.39 is 23.9 Å². The molecule has 3 rings (SSSR count). The van der Waals surface area contributed by atoms with E-state index in [1.807, 2.05) is 18.2 Å². The van der Waals surface area contributed by atoms with Crippen molar-refractivity contribution >= 4 is 41.1 Å². The maximum absolute atomic E-state index is 12.2. The Morgan fingerprint density at radius 2 is 1.94 bits per heavy atom. The molecule has 34 heavy (non-hydrogen) atoms. The molecule has 1 aromatic heterocycles. The molecule has 0 saturated heterocycles. The van der Waals surface area contributed by atoms with Gasteiger partial charge in [-0.2, -0.15) is 0 Å². The lowest BCUT2D eigenvalue weighted by molar-refractivity contribution is -0.168. The van der Waals surface area contributed by atoms with Crippen molar-refractivity contribution in [2.45, 2.75) is 25.4 Å². The Labute approximate surface area is 200 Å². The SMILES string of the molecule is Nc1nc(N)c(C(=O)NCCNCC(COc2cccc3c2CCC3)OC(=O)C(=O)O)nc1Cl. The van der Waals surface area contributed by atoms with Crippen molar-refractivity contribution in [1.82, 2.24) is 20.6 Å². The topological polar surface area (TPSA) is 192 Å². The van der Waals surface area contributed by atoms with Gasteiger partial charge < -0.3 is 36.7 Å². The molecular weight excluding hydrogens is 468 g/mol. The highest BCUT2D eigenvalue weighted by atomic mass is 35.5. The molecule has 1 heterocycles. The predicted molar refractivity (Wildman–Crippen MR) is 123 cm³/mol. The number of ether oxygens (including phenoxy) is 2. The molecule has 7 N–H and O–H groups in total. The molecule has 0 fully saturated rings. The number of aromatic nitrogens is 2. The zero-order chi connectivity index (χ0) is 24.7. The zero-order valence-corrected chi connectivity index (χ0v) is 18.9. The number of carboxylic acids is 1. The number of carboxylic acid groups (broad SMARTS) is 1. The monoisotopic (exact) mass is 492 g/mol. The van der Waals surface area contributed by atoms with E-state index in [0.29, 0.717) is 5.75 Å². The summed E-state index contributed by atoms with van der Waals surface area (Å²) < 4.78 is 10.9. The molecule has 0 saturated carbocycles. The Bertz CT molecular complexity index is 1080. The number of benzene rings is 1. The summed E-state index contributed by atoms with van der Waals surface area (Å²) in [6.45, 7) is 0.489. The van der Waals surface area contributed by atoms with Gasteiger partial charge in [-0.25, -0.2) is 19.6 Å². The summed E-state index contributed by atoms with van der Waals surface area (Å²) in [6, 6.07) is 5.77. The average Bonchev–Trinajstić information content (AvgIpc) is 3.28. The first-order valence-corrected chi connectivity index (χ1v) is 10.9. The van der Waals surface area contributed by atoms with Crippen LogP contribution in [0.2, 0.25) is 5.15 Å². The summed E-state index contributed by atoms with van der Waals surface area (Å²) in [7, 11) is 0. The Morgan fingerprint density at radius 3 is 2.71 bits per heavy atom. The Hall–Kier alpha value is -3.64. The first-order valence-electron chi connectivity index (χ1n) is 10.5. The number of aryl methyl sites for hydroxylation is 1. The average molecular weight is 493 g/mol. The van der Waals surface area contributed by atoms with E-state index in [1.165, 1.54) is 5.56 Å². The summed E-state index contributed by atoms with van der Waals surface area (Å²) in [5.41, 5.74) is 13.3. The molecule has 1 aromatic carbocycles. The van der Waals surface area contributed by atoms with E-state index in [9.17, 15) is 14.4 Å². The number of nitrogens with zero attached hydrogens (tertiary/aromatic N) is 2. The van der Waals surface area contributed by atoms with E-state index in [-0.39, 0.29) is 48.7 Å². The third-order valence-corrected chi connectivity index (χ3v) is 5.33. The standard InChI is InChI=1S/C21H25ClN6O6/c22-16-18(24)28-17(23)15(27-16)19(29)26-8-7-25-9-12(34-21(32)20(30)31)10-33-14-6-2-4-11-3-1-5-13(11)14/h2,4,6,12,25H,1,3,5,7-10H2,(H,26,29)(H,30,31)(H4,23,24,28). The third-order valence-electron chi connectivity index (χ3n) is 5.06. The molecule has 1 aliphatic carbocycles. The number of hydrogen-bond donors (Lipinski definition) is 5. The summed E-state index contributed by atoms with van der Waals surface area (Å²) in [5.74, 6) is -3.21. The minimum Gasteiger partial charge on any atom is -0.489 e. The van der Waals surface area contributed by atoms with E-state index in [1.54, 1.807) is 0 Å². The van der Waals surface area contributed by atoms with Gasteiger partial charge in [0.05, 0.1) is 0 Å². The second-order valence-electron chi connectivity index (χ2n) is 7.48. The number of nitrogens with two attached hydrogens (primary N) is 2. The van der Waals surface area contributed by atoms with Crippen LogP contribution in [0.5, 0.6) is 5.75 Å². The highest BCUT2D eigenvalue weighted by Crippen LogP contribution is 2.30. The molecule has 0 aliphatic heterocycles. The largest absolute Gasteiger partial charge is 0.489 e. The van der Waals surface area contributed by atoms with Gasteiger partial charge in [0.15, 0.2) is 22.5 Å². The molecule has 2 aromatic rings. The summed E-state index contributed by atoms with van der Waals surface area (Å²) in [6.07, 6.45) is 2.06. The smallest absolute Gasteiger partial charge is 0.417 e. The summed E-state index contributed by atoms with van der Waals surface area (Å²) >= 11 is 5.78. The van der Waals surface area contributed by atoms with E-state index >= 15 is 0 Å². The second-order valence-corrected chi connectivity index (χ2v) is 7.84. The number of rotatable bonds is 10. The van der Waals surface area contributed by atoms with Crippen LogP contribution in [-0.4, -0.2) is 65.3 Å². The number of nitrogens with one attached hydrogen (secondary N) is 2. The number of amides is 1. The Balaban J connectivity index is 1.49. The summed E-state index contributed by atoms with van der Waals surface area (Å²) in [4.78, 5) is 42.2. The Morgan fingerprint density at radius 1 is 1.15 bits per heavy atom. The molecular formula is C21H25ClN6O6. The van der Waals surface area contributed by atoms with E-state index in [4.69, 9.17) is 37.6 Å². The fourth-order valence-corrected chi connectivity index (χ4v) is 3.59. The maximum atomic E-state index is 12.2. The van der Waals surface area contributed by atoms with Gasteiger partial charge in [-0.1, -0.05) is 23.7 Å². The molecule has 0 bridgehead atoms. The van der Waals surface area contributed by atoms with Crippen molar-refractivity contribution in [2.75, 3.05) is 37.7 Å². The lowest BCUT2D eigenvalue weighted by atomic mass is 10.1. The van der Waals surface area contributed by atoms with Crippen LogP contribution in [0.25, 0.3) is 0 Å². The number of fused-ring (bicyclic) bond motifs is 1. The fourth-order valence-electron chi connectivity index (χ4n) is 3.46. The molecule has 12 nitrogen and oxygen atoms in total. The van der Waals surface area contributed by atoms with Gasteiger partial charge in [0.25, 0.3) is 5.91 Å². The van der Waals surface area contributed by atoms with Crippen LogP contribution in [0, 0.1) is 0 Å². The van der Waals surface area contributed by atoms with Crippen LogP contribution in [-0.2, 0) is 27.2 Å². The number of anilines is 2. The van der Waals surface area contributed by atoms with Crippen molar-refractivity contribution in [3.63, 3.8) is 0 Å². The highest BCUT2D eigenvalue weighted by molar-refractivity contribution is 6.31. The van der Waals surface area contributed by atoms with Gasteiger partial charge in [-0.3, -0.25) is 4.79 Å². The van der Waals surface area contributed by atoms with Crippen molar-refractivity contribution in [2.24, 2.45) is 0 Å². The molecule has 1 atom stereocenters. The molecule has 1 amide bonds. The van der Waals surface area contributed by atoms with E-state index in [2.05, 4.69) is 20.6 Å². The van der Waals surface area contributed by atoms with Crippen molar-refractivity contribution < 1.29 is 29.0 Å². The molecule has 0 spiro atoms. The van der Waals surface area contributed by atoms with Crippen LogP contribution in [0.3, 0.4) is 0 Å². The predicted octanol–water partition coefficient (Wildman–Crippen LogP) is 0.178. The van der Waals surface area contributed by atoms with Crippen molar-refractivity contribution in [3.8, 4) is 5.75 Å². The van der Waals surface area contributed by atoms with Gasteiger partial charge in [-0.05, 0) is 36.5 Å². The Kier molecular flexibility index (Phi) is 8.44. The van der Waals surface area contributed by atoms with Crippen LogP contribution < -0.4 is 26.8 Å². The molecule has 182 valence electrons. The fraction of sp³-hybridized carbons (Fsp3) is 0.381. The van der Waals surface area contributed by atoms with Gasteiger partial charge in [0.1, 0.15) is 18.5 Å². The third kappa shape index (κ3) is 6.45. The maximum Gasteiger partial charge on any atom is 0.417 e. The second kappa shape index (κ2) is 11.5. The number of nitrogen functional groups attached to an aromatic ring is 2. The number of esters is 1. The molecule has 1 aliphatic rings. The van der Waals surface area contributed by atoms with Gasteiger partial charge >= 0.3 is 11.9 Å². The number of halogens is 1. The minimum atomic E-state index is -1.70. The lowest BCUT2D eigenvalue weighted by Crippen LogP contribution is -2.40. The molecule has 0 radical (unpaired) electrons. The molecule has 13 heteroatoms. The quantitative estimate of drug-likeness (QED) is 0.172. The van der Waals surface area contributed by atoms with Gasteiger partial charge in [-0.15, -0.1) is 0 Å². The van der Waals surface area contributed by atoms with Crippen molar-refractivity contribution in [3.05, 3.63) is 40.2 Å². The van der Waals surface area contributed by atoms with Crippen LogP contribution in [0.1, 0.15) is 28.0 Å². The normalized spacial score (nSPS) is 13.1. The van der Waals surface area contributed by atoms with Crippen LogP contribution >= 0.6 is 11.6 Å². The van der Waals surface area contributed by atoms with Gasteiger partial charge in [0.2, 0.25) is 0 Å². The van der Waals surface area contributed by atoms with Crippen molar-refractivity contribution in [1.29, 1.82) is 0 Å². The number of carbonyl (C=O) groups is 3. The van der Waals surface area contributed by atoms with Gasteiger partial charge in [0, 0.05) is 19.6 Å². The highest BCUT2D eigenvalue weighted by Gasteiger charge is 2.22. The number of aliphatic carboxylic acids is 1. The minimum absolute atomic E-state index is 0.0368. The first kappa shape index (κ1) is 25.0. The first-order chi connectivity index (χ1) is 16.3. The van der Waals surface area contributed by atoms with Crippen LogP contribution in [0.15, 0.2) is 18.2 Å². The van der Waals surface area contributed by atoms with Crippen LogP contribution in [0.4, 0.5) is 11.6 Å². The molecule has 1 unspecified atom stereocenters.